The van der Waals surface area contributed by atoms with Gasteiger partial charge in [0.25, 0.3) is 0 Å². The van der Waals surface area contributed by atoms with Crippen LogP contribution in [0.2, 0.25) is 0 Å². The van der Waals surface area contributed by atoms with Gasteiger partial charge < -0.3 is 10.2 Å². The maximum absolute atomic E-state index is 12.3. The van der Waals surface area contributed by atoms with Crippen molar-refractivity contribution in [1.82, 2.24) is 15.3 Å². The molecule has 5 heteroatoms. The maximum Gasteiger partial charge on any atom is 0.225 e. The minimum atomic E-state index is 0.135. The first-order valence-electron chi connectivity index (χ1n) is 8.80. The van der Waals surface area contributed by atoms with Crippen molar-refractivity contribution in [2.45, 2.75) is 44.9 Å². The molecule has 0 bridgehead atoms. The number of hydrogen-bond donors (Lipinski definition) is 1. The van der Waals surface area contributed by atoms with E-state index in [-0.39, 0.29) is 11.8 Å². The van der Waals surface area contributed by atoms with Gasteiger partial charge in [-0.1, -0.05) is 11.6 Å². The van der Waals surface area contributed by atoms with Crippen LogP contribution >= 0.6 is 0 Å². The molecule has 23 heavy (non-hydrogen) atoms. The van der Waals surface area contributed by atoms with E-state index in [9.17, 15) is 4.79 Å². The third-order valence-corrected chi connectivity index (χ3v) is 4.83. The molecular weight excluding hydrogens is 288 g/mol. The number of aromatic nitrogens is 2. The van der Waals surface area contributed by atoms with E-state index < -0.39 is 0 Å². The highest BCUT2D eigenvalue weighted by atomic mass is 16.1. The van der Waals surface area contributed by atoms with Gasteiger partial charge >= 0.3 is 0 Å². The van der Waals surface area contributed by atoms with Gasteiger partial charge in [0.15, 0.2) is 0 Å². The van der Waals surface area contributed by atoms with Crippen molar-refractivity contribution in [3.8, 4) is 0 Å². The van der Waals surface area contributed by atoms with Crippen LogP contribution in [0.1, 0.15) is 44.9 Å². The van der Waals surface area contributed by atoms with Crippen molar-refractivity contribution in [2.24, 2.45) is 5.92 Å². The second kappa shape index (κ2) is 8.09. The minimum Gasteiger partial charge on any atom is -0.356 e. The quantitative estimate of drug-likeness (QED) is 0.849. The number of nitrogens with one attached hydrogen (secondary N) is 1. The zero-order chi connectivity index (χ0) is 15.9. The van der Waals surface area contributed by atoms with Crippen molar-refractivity contribution in [3.05, 3.63) is 30.1 Å². The third-order valence-electron chi connectivity index (χ3n) is 4.83. The van der Waals surface area contributed by atoms with E-state index >= 15 is 0 Å². The van der Waals surface area contributed by atoms with Gasteiger partial charge in [0.2, 0.25) is 11.9 Å². The molecule has 5 nitrogen and oxygen atoms in total. The van der Waals surface area contributed by atoms with Gasteiger partial charge in [-0.05, 0) is 51.0 Å². The van der Waals surface area contributed by atoms with E-state index in [1.807, 2.05) is 6.07 Å². The highest BCUT2D eigenvalue weighted by Gasteiger charge is 2.25. The van der Waals surface area contributed by atoms with Crippen LogP contribution in [-0.2, 0) is 4.79 Å². The Balaban J connectivity index is 1.39. The number of allylic oxidation sites excluding steroid dienone is 1. The molecule has 1 amide bonds. The molecule has 2 heterocycles. The number of nitrogens with zero attached hydrogens (tertiary/aromatic N) is 3. The summed E-state index contributed by atoms with van der Waals surface area (Å²) in [5, 5.41) is 3.12. The Hall–Kier alpha value is -1.91. The highest BCUT2D eigenvalue weighted by Crippen LogP contribution is 2.21. The Morgan fingerprint density at radius 2 is 2.00 bits per heavy atom. The monoisotopic (exact) mass is 314 g/mol. The van der Waals surface area contributed by atoms with E-state index in [4.69, 9.17) is 0 Å². The average molecular weight is 314 g/mol. The fourth-order valence-corrected chi connectivity index (χ4v) is 3.42. The summed E-state index contributed by atoms with van der Waals surface area (Å²) >= 11 is 0. The smallest absolute Gasteiger partial charge is 0.225 e. The van der Waals surface area contributed by atoms with Crippen LogP contribution in [0.3, 0.4) is 0 Å². The van der Waals surface area contributed by atoms with Crippen LogP contribution in [0, 0.1) is 5.92 Å². The van der Waals surface area contributed by atoms with Crippen molar-refractivity contribution in [2.75, 3.05) is 24.5 Å². The number of piperidine rings is 1. The molecule has 0 atom stereocenters. The molecule has 0 unspecified atom stereocenters. The van der Waals surface area contributed by atoms with Gasteiger partial charge in [-0.2, -0.15) is 0 Å². The number of carbonyl (C=O) groups excluding carboxylic acids is 1. The first-order chi connectivity index (χ1) is 11.3. The number of hydrogen-bond acceptors (Lipinski definition) is 4. The zero-order valence-electron chi connectivity index (χ0n) is 13.7. The topological polar surface area (TPSA) is 58.1 Å². The maximum atomic E-state index is 12.3. The SMILES string of the molecule is O=C(NCCC1=CCCCC1)C1CCN(c2ncccn2)CC1. The van der Waals surface area contributed by atoms with Gasteiger partial charge in [0.05, 0.1) is 0 Å². The normalized spacial score (nSPS) is 19.3. The Morgan fingerprint density at radius 3 is 2.70 bits per heavy atom. The Kier molecular flexibility index (Phi) is 5.61. The lowest BCUT2D eigenvalue weighted by molar-refractivity contribution is -0.125. The third kappa shape index (κ3) is 4.53. The predicted octanol–water partition coefficient (Wildman–Crippen LogP) is 2.70. The molecule has 3 rings (SSSR count). The molecule has 1 aliphatic heterocycles. The molecule has 0 aromatic carbocycles. The molecule has 124 valence electrons. The summed E-state index contributed by atoms with van der Waals surface area (Å²) in [5.74, 6) is 1.13. The molecule has 1 aromatic heterocycles. The minimum absolute atomic E-state index is 0.135. The van der Waals surface area contributed by atoms with E-state index in [1.54, 1.807) is 12.4 Å². The molecular formula is C18H26N4O. The highest BCUT2D eigenvalue weighted by molar-refractivity contribution is 5.78. The summed E-state index contributed by atoms with van der Waals surface area (Å²) < 4.78 is 0. The van der Waals surface area contributed by atoms with Crippen LogP contribution in [0.25, 0.3) is 0 Å². The van der Waals surface area contributed by atoms with Gasteiger partial charge in [0.1, 0.15) is 0 Å². The zero-order valence-corrected chi connectivity index (χ0v) is 13.7. The summed E-state index contributed by atoms with van der Waals surface area (Å²) in [6.07, 6.45) is 13.7. The Labute approximate surface area is 138 Å². The summed E-state index contributed by atoms with van der Waals surface area (Å²) in [5.41, 5.74) is 1.52. The number of amides is 1. The first kappa shape index (κ1) is 16.0. The van der Waals surface area contributed by atoms with Gasteiger partial charge in [-0.15, -0.1) is 0 Å². The van der Waals surface area contributed by atoms with E-state index in [2.05, 4.69) is 26.3 Å². The summed E-state index contributed by atoms with van der Waals surface area (Å²) in [6, 6.07) is 1.82. The second-order valence-electron chi connectivity index (χ2n) is 6.46. The molecule has 1 aromatic rings. The molecule has 0 radical (unpaired) electrons. The predicted molar refractivity (Wildman–Crippen MR) is 91.1 cm³/mol. The lowest BCUT2D eigenvalue weighted by atomic mass is 9.95. The number of carbonyl (C=O) groups is 1. The molecule has 0 spiro atoms. The Bertz CT molecular complexity index is 535. The molecule has 0 saturated carbocycles. The number of rotatable bonds is 5. The number of anilines is 1. The van der Waals surface area contributed by atoms with Gasteiger partial charge in [0, 0.05) is 37.9 Å². The fourth-order valence-electron chi connectivity index (χ4n) is 3.42. The largest absolute Gasteiger partial charge is 0.356 e. The van der Waals surface area contributed by atoms with Crippen LogP contribution in [0.4, 0.5) is 5.95 Å². The first-order valence-corrected chi connectivity index (χ1v) is 8.80. The lowest BCUT2D eigenvalue weighted by Gasteiger charge is -2.31. The van der Waals surface area contributed by atoms with E-state index in [0.717, 1.165) is 44.8 Å². The van der Waals surface area contributed by atoms with Crippen molar-refractivity contribution in [1.29, 1.82) is 0 Å². The summed E-state index contributed by atoms with van der Waals surface area (Å²) in [7, 11) is 0. The van der Waals surface area contributed by atoms with Crippen LogP contribution < -0.4 is 10.2 Å². The Morgan fingerprint density at radius 1 is 1.22 bits per heavy atom. The second-order valence-corrected chi connectivity index (χ2v) is 6.46. The van der Waals surface area contributed by atoms with Gasteiger partial charge in [-0.25, -0.2) is 9.97 Å². The standard InChI is InChI=1S/C18H26N4O/c23-17(19-12-7-15-5-2-1-3-6-15)16-8-13-22(14-9-16)18-20-10-4-11-21-18/h4-5,10-11,16H,1-3,6-9,12-14H2,(H,19,23). The summed E-state index contributed by atoms with van der Waals surface area (Å²) in [4.78, 5) is 23.0. The van der Waals surface area contributed by atoms with Crippen LogP contribution in [-0.4, -0.2) is 35.5 Å². The van der Waals surface area contributed by atoms with Crippen molar-refractivity contribution >= 4 is 11.9 Å². The van der Waals surface area contributed by atoms with Crippen LogP contribution in [0.15, 0.2) is 30.1 Å². The van der Waals surface area contributed by atoms with Crippen molar-refractivity contribution < 1.29 is 4.79 Å². The van der Waals surface area contributed by atoms with E-state index in [0.29, 0.717) is 0 Å². The molecule has 1 aliphatic carbocycles. The fraction of sp³-hybridized carbons (Fsp3) is 0.611. The molecule has 1 fully saturated rings. The molecule has 1 saturated heterocycles. The molecule has 1 N–H and O–H groups in total. The lowest BCUT2D eigenvalue weighted by Crippen LogP contribution is -2.41. The van der Waals surface area contributed by atoms with Crippen LogP contribution in [0.5, 0.6) is 0 Å². The average Bonchev–Trinajstić information content (AvgIpc) is 2.63. The molecule has 2 aliphatic rings. The van der Waals surface area contributed by atoms with Crippen molar-refractivity contribution in [3.63, 3.8) is 0 Å². The summed E-state index contributed by atoms with van der Waals surface area (Å²) in [6.45, 7) is 2.49. The van der Waals surface area contributed by atoms with E-state index in [1.165, 1.54) is 31.3 Å². The van der Waals surface area contributed by atoms with Gasteiger partial charge in [-0.3, -0.25) is 4.79 Å².